The second kappa shape index (κ2) is 9.90. The van der Waals surface area contributed by atoms with Gasteiger partial charge in [0.25, 0.3) is 0 Å². The normalized spacial score (nSPS) is 21.4. The first-order valence-corrected chi connectivity index (χ1v) is 8.99. The first kappa shape index (κ1) is 19.1. The van der Waals surface area contributed by atoms with Crippen molar-refractivity contribution >= 4 is 5.97 Å². The molecule has 0 bridgehead atoms. The largest absolute Gasteiger partial charge is 0.492 e. The highest BCUT2D eigenvalue weighted by molar-refractivity contribution is 5.66. The number of esters is 1. The van der Waals surface area contributed by atoms with E-state index in [4.69, 9.17) is 18.9 Å². The lowest BCUT2D eigenvalue weighted by Gasteiger charge is -2.33. The number of benzene rings is 2. The van der Waals surface area contributed by atoms with Crippen LogP contribution in [0.15, 0.2) is 73.0 Å². The summed E-state index contributed by atoms with van der Waals surface area (Å²) in [6, 6.07) is 19.7. The molecule has 2 unspecified atom stereocenters. The summed E-state index contributed by atoms with van der Waals surface area (Å²) in [5.41, 5.74) is 2.13. The van der Waals surface area contributed by atoms with Gasteiger partial charge in [-0.05, 0) is 17.2 Å². The molecule has 2 aromatic rings. The van der Waals surface area contributed by atoms with Crippen molar-refractivity contribution < 1.29 is 23.7 Å². The molecule has 0 spiro atoms. The summed E-state index contributed by atoms with van der Waals surface area (Å²) in [5.74, 6) is -0.375. The summed E-state index contributed by atoms with van der Waals surface area (Å²) in [5, 5.41) is 0. The van der Waals surface area contributed by atoms with Crippen LogP contribution in [-0.2, 0) is 37.0 Å². The molecule has 0 N–H and O–H groups in total. The van der Waals surface area contributed by atoms with E-state index in [-0.39, 0.29) is 5.97 Å². The van der Waals surface area contributed by atoms with Crippen LogP contribution in [0.5, 0.6) is 0 Å². The molecule has 1 aliphatic rings. The minimum absolute atomic E-state index is 0.294. The predicted molar refractivity (Wildman–Crippen MR) is 101 cm³/mol. The molecule has 5 nitrogen and oxygen atoms in total. The van der Waals surface area contributed by atoms with Gasteiger partial charge in [-0.15, -0.1) is 0 Å². The fraction of sp³-hybridized carbons (Fsp3) is 0.318. The highest BCUT2D eigenvalue weighted by Gasteiger charge is 2.36. The van der Waals surface area contributed by atoms with E-state index in [0.717, 1.165) is 11.1 Å². The van der Waals surface area contributed by atoms with Gasteiger partial charge < -0.3 is 18.9 Å². The molecule has 1 heterocycles. The molecule has 0 radical (unpaired) electrons. The van der Waals surface area contributed by atoms with Crippen LogP contribution in [0.4, 0.5) is 0 Å². The third-order valence-corrected chi connectivity index (χ3v) is 4.19. The van der Waals surface area contributed by atoms with Crippen molar-refractivity contribution in [1.82, 2.24) is 0 Å². The first-order valence-electron chi connectivity index (χ1n) is 8.99. The molecule has 1 aliphatic heterocycles. The average molecular weight is 368 g/mol. The summed E-state index contributed by atoms with van der Waals surface area (Å²) in [6.07, 6.45) is 1.97. The highest BCUT2D eigenvalue weighted by Crippen LogP contribution is 2.21. The zero-order chi connectivity index (χ0) is 18.9. The van der Waals surface area contributed by atoms with E-state index in [1.165, 1.54) is 6.92 Å². The van der Waals surface area contributed by atoms with Crippen molar-refractivity contribution in [2.75, 3.05) is 6.61 Å². The molecule has 27 heavy (non-hydrogen) atoms. The molecular formula is C22H24O5. The molecule has 142 valence electrons. The maximum absolute atomic E-state index is 11.6. The Balaban J connectivity index is 1.58. The topological polar surface area (TPSA) is 54.0 Å². The Bertz CT molecular complexity index is 729. The number of hydrogen-bond acceptors (Lipinski definition) is 5. The number of carbonyl (C=O) groups is 1. The predicted octanol–water partition coefficient (Wildman–Crippen LogP) is 3.63. The SMILES string of the molecule is CC(=O)O[C@H]1C(OCc2ccccc2)C=COC1COCc1ccccc1. The van der Waals surface area contributed by atoms with Crippen molar-refractivity contribution in [3.8, 4) is 0 Å². The number of ether oxygens (including phenoxy) is 4. The Labute approximate surface area is 159 Å². The van der Waals surface area contributed by atoms with E-state index in [2.05, 4.69) is 0 Å². The van der Waals surface area contributed by atoms with Crippen LogP contribution in [-0.4, -0.2) is 30.9 Å². The van der Waals surface area contributed by atoms with E-state index >= 15 is 0 Å². The second-order valence-corrected chi connectivity index (χ2v) is 6.34. The van der Waals surface area contributed by atoms with Gasteiger partial charge in [0.2, 0.25) is 0 Å². The smallest absolute Gasteiger partial charge is 0.303 e. The maximum atomic E-state index is 11.6. The van der Waals surface area contributed by atoms with Crippen molar-refractivity contribution in [2.24, 2.45) is 0 Å². The highest BCUT2D eigenvalue weighted by atomic mass is 16.6. The van der Waals surface area contributed by atoms with Crippen LogP contribution in [0.2, 0.25) is 0 Å². The molecule has 0 aromatic heterocycles. The minimum atomic E-state index is -0.563. The molecular weight excluding hydrogens is 344 g/mol. The zero-order valence-corrected chi connectivity index (χ0v) is 15.3. The second-order valence-electron chi connectivity index (χ2n) is 6.34. The van der Waals surface area contributed by atoms with E-state index in [1.54, 1.807) is 12.3 Å². The molecule has 5 heteroatoms. The van der Waals surface area contributed by atoms with Crippen LogP contribution in [0.3, 0.4) is 0 Å². The molecule has 0 amide bonds. The van der Waals surface area contributed by atoms with Crippen LogP contribution < -0.4 is 0 Å². The Kier molecular flexibility index (Phi) is 7.02. The Hall–Kier alpha value is -2.63. The zero-order valence-electron chi connectivity index (χ0n) is 15.3. The van der Waals surface area contributed by atoms with Gasteiger partial charge in [0.15, 0.2) is 12.2 Å². The fourth-order valence-corrected chi connectivity index (χ4v) is 2.88. The van der Waals surface area contributed by atoms with E-state index in [1.807, 2.05) is 60.7 Å². The quantitative estimate of drug-likeness (QED) is 0.666. The lowest BCUT2D eigenvalue weighted by molar-refractivity contribution is -0.172. The molecule has 0 saturated heterocycles. The molecule has 2 aromatic carbocycles. The van der Waals surface area contributed by atoms with Crippen molar-refractivity contribution in [3.63, 3.8) is 0 Å². The van der Waals surface area contributed by atoms with Gasteiger partial charge in [0.1, 0.15) is 6.10 Å². The Morgan fingerprint density at radius 1 is 0.963 bits per heavy atom. The summed E-state index contributed by atoms with van der Waals surface area (Å²) in [7, 11) is 0. The third-order valence-electron chi connectivity index (χ3n) is 4.19. The van der Waals surface area contributed by atoms with Gasteiger partial charge in [-0.1, -0.05) is 60.7 Å². The van der Waals surface area contributed by atoms with Crippen molar-refractivity contribution in [2.45, 2.75) is 38.4 Å². The summed E-state index contributed by atoms with van der Waals surface area (Å²) < 4.78 is 22.9. The Morgan fingerprint density at radius 3 is 2.22 bits per heavy atom. The van der Waals surface area contributed by atoms with Crippen LogP contribution in [0.1, 0.15) is 18.1 Å². The summed E-state index contributed by atoms with van der Waals surface area (Å²) >= 11 is 0. The summed E-state index contributed by atoms with van der Waals surface area (Å²) in [6.45, 7) is 2.56. The van der Waals surface area contributed by atoms with E-state index in [9.17, 15) is 4.79 Å². The lowest BCUT2D eigenvalue weighted by Crippen LogP contribution is -2.46. The molecule has 0 aliphatic carbocycles. The van der Waals surface area contributed by atoms with Gasteiger partial charge >= 0.3 is 5.97 Å². The standard InChI is InChI=1S/C22H24O5/c1-17(23)27-22-20(26-15-19-10-6-3-7-11-19)12-13-25-21(22)16-24-14-18-8-4-2-5-9-18/h2-13,20-22H,14-16H2,1H3/t20?,21?,22-/m0/s1. The maximum Gasteiger partial charge on any atom is 0.303 e. The van der Waals surface area contributed by atoms with Gasteiger partial charge in [0.05, 0.1) is 26.1 Å². The van der Waals surface area contributed by atoms with Gasteiger partial charge in [-0.3, -0.25) is 4.79 Å². The lowest BCUT2D eigenvalue weighted by atomic mass is 10.1. The fourth-order valence-electron chi connectivity index (χ4n) is 2.88. The van der Waals surface area contributed by atoms with Gasteiger partial charge in [0, 0.05) is 6.92 Å². The molecule has 3 atom stereocenters. The van der Waals surface area contributed by atoms with Gasteiger partial charge in [-0.2, -0.15) is 0 Å². The van der Waals surface area contributed by atoms with E-state index < -0.39 is 18.3 Å². The van der Waals surface area contributed by atoms with Gasteiger partial charge in [-0.25, -0.2) is 0 Å². The van der Waals surface area contributed by atoms with Crippen molar-refractivity contribution in [3.05, 3.63) is 84.1 Å². The van der Waals surface area contributed by atoms with E-state index in [0.29, 0.717) is 19.8 Å². The first-order chi connectivity index (χ1) is 13.2. The van der Waals surface area contributed by atoms with Crippen LogP contribution in [0.25, 0.3) is 0 Å². The number of hydrogen-bond donors (Lipinski definition) is 0. The van der Waals surface area contributed by atoms with Crippen molar-refractivity contribution in [1.29, 1.82) is 0 Å². The Morgan fingerprint density at radius 2 is 1.59 bits per heavy atom. The molecule has 0 saturated carbocycles. The molecule has 0 fully saturated rings. The monoisotopic (exact) mass is 368 g/mol. The molecule has 3 rings (SSSR count). The number of carbonyl (C=O) groups excluding carboxylic acids is 1. The minimum Gasteiger partial charge on any atom is -0.492 e. The average Bonchev–Trinajstić information content (AvgIpc) is 2.69. The number of rotatable bonds is 8. The third kappa shape index (κ3) is 5.94. The van der Waals surface area contributed by atoms with Crippen LogP contribution in [0, 0.1) is 0 Å². The summed E-state index contributed by atoms with van der Waals surface area (Å²) in [4.78, 5) is 11.6. The van der Waals surface area contributed by atoms with Crippen LogP contribution >= 0.6 is 0 Å².